The molecule has 1 aliphatic heterocycles. The van der Waals surface area contributed by atoms with Gasteiger partial charge in [-0.3, -0.25) is 0 Å². The Morgan fingerprint density at radius 1 is 1.30 bits per heavy atom. The summed E-state index contributed by atoms with van der Waals surface area (Å²) < 4.78 is 5.40. The molecule has 1 aromatic rings. The molecule has 2 fully saturated rings. The van der Waals surface area contributed by atoms with E-state index in [4.69, 9.17) is 10.5 Å². The molecule has 1 saturated carbocycles. The summed E-state index contributed by atoms with van der Waals surface area (Å²) in [6, 6.07) is 2.56. The molecule has 2 atom stereocenters. The van der Waals surface area contributed by atoms with E-state index >= 15 is 0 Å². The number of aromatic nitrogens is 2. The van der Waals surface area contributed by atoms with Crippen molar-refractivity contribution in [2.45, 2.75) is 51.7 Å². The van der Waals surface area contributed by atoms with Crippen LogP contribution in [0, 0.1) is 5.92 Å². The van der Waals surface area contributed by atoms with Crippen molar-refractivity contribution in [3.63, 3.8) is 0 Å². The van der Waals surface area contributed by atoms with Crippen molar-refractivity contribution in [2.75, 3.05) is 23.8 Å². The number of anilines is 2. The van der Waals surface area contributed by atoms with Crippen molar-refractivity contribution in [3.05, 3.63) is 11.9 Å². The fourth-order valence-corrected chi connectivity index (χ4v) is 3.65. The molecule has 1 aromatic heterocycles. The molecule has 2 N–H and O–H groups in total. The highest BCUT2D eigenvalue weighted by Crippen LogP contribution is 2.38. The molecule has 20 heavy (non-hydrogen) atoms. The first kappa shape index (κ1) is 13.6. The average molecular weight is 276 g/mol. The second kappa shape index (κ2) is 5.95. The normalized spacial score (nSPS) is 25.8. The fourth-order valence-electron chi connectivity index (χ4n) is 3.65. The van der Waals surface area contributed by atoms with Gasteiger partial charge in [0.05, 0.1) is 0 Å². The monoisotopic (exact) mass is 276 g/mol. The van der Waals surface area contributed by atoms with E-state index in [9.17, 15) is 0 Å². The molecule has 0 amide bonds. The molecule has 2 aliphatic rings. The van der Waals surface area contributed by atoms with Gasteiger partial charge in [0.1, 0.15) is 18.2 Å². The zero-order chi connectivity index (χ0) is 13.9. The minimum absolute atomic E-state index is 0.441. The number of rotatable bonds is 4. The van der Waals surface area contributed by atoms with Gasteiger partial charge in [-0.15, -0.1) is 0 Å². The summed E-state index contributed by atoms with van der Waals surface area (Å²) in [4.78, 5) is 11.4. The zero-order valence-electron chi connectivity index (χ0n) is 12.2. The fraction of sp³-hybridized carbons (Fsp3) is 0.733. The van der Waals surface area contributed by atoms with E-state index in [0.29, 0.717) is 30.9 Å². The summed E-state index contributed by atoms with van der Waals surface area (Å²) in [5.41, 5.74) is 5.94. The van der Waals surface area contributed by atoms with Crippen LogP contribution in [0.5, 0.6) is 0 Å². The summed E-state index contributed by atoms with van der Waals surface area (Å²) in [5, 5.41) is 0. The zero-order valence-corrected chi connectivity index (χ0v) is 12.2. The van der Waals surface area contributed by atoms with Gasteiger partial charge in [-0.25, -0.2) is 9.97 Å². The van der Waals surface area contributed by atoms with Gasteiger partial charge in [0.15, 0.2) is 5.82 Å². The minimum atomic E-state index is 0.441. The molecule has 1 aliphatic carbocycles. The van der Waals surface area contributed by atoms with Crippen LogP contribution >= 0.6 is 0 Å². The Balaban J connectivity index is 1.82. The van der Waals surface area contributed by atoms with Gasteiger partial charge in [-0.2, -0.15) is 0 Å². The van der Waals surface area contributed by atoms with Gasteiger partial charge in [-0.1, -0.05) is 6.42 Å². The molecule has 0 radical (unpaired) electrons. The highest BCUT2D eigenvalue weighted by Gasteiger charge is 2.35. The smallest absolute Gasteiger partial charge is 0.158 e. The average Bonchev–Trinajstić information content (AvgIpc) is 2.92. The number of ether oxygens (including phenoxy) is 1. The minimum Gasteiger partial charge on any atom is -0.384 e. The molecule has 0 spiro atoms. The van der Waals surface area contributed by atoms with E-state index in [-0.39, 0.29) is 0 Å². The number of nitrogens with zero attached hydrogens (tertiary/aromatic N) is 3. The van der Waals surface area contributed by atoms with E-state index in [1.807, 2.05) is 13.0 Å². The first-order chi connectivity index (χ1) is 9.78. The Bertz CT molecular complexity index is 465. The second-order valence-corrected chi connectivity index (χ2v) is 5.80. The third-order valence-corrected chi connectivity index (χ3v) is 4.50. The van der Waals surface area contributed by atoms with E-state index in [2.05, 4.69) is 14.9 Å². The van der Waals surface area contributed by atoms with Crippen LogP contribution in [0.4, 0.5) is 11.6 Å². The van der Waals surface area contributed by atoms with Gasteiger partial charge < -0.3 is 15.4 Å². The number of nitrogen functional groups attached to an aromatic ring is 1. The third kappa shape index (κ3) is 2.73. The summed E-state index contributed by atoms with van der Waals surface area (Å²) >= 11 is 0. The molecule has 2 heterocycles. The van der Waals surface area contributed by atoms with Crippen LogP contribution in [0.2, 0.25) is 0 Å². The predicted octanol–water partition coefficient (Wildman–Crippen LogP) is 2.36. The molecule has 0 bridgehead atoms. The SMILES string of the molecule is CCOCc1nc(N)cc(N2CCCC3CCCC32)n1. The van der Waals surface area contributed by atoms with E-state index in [1.54, 1.807) is 0 Å². The van der Waals surface area contributed by atoms with Crippen LogP contribution in [-0.4, -0.2) is 29.2 Å². The summed E-state index contributed by atoms with van der Waals surface area (Å²) in [6.07, 6.45) is 6.63. The maximum atomic E-state index is 5.94. The molecule has 2 unspecified atom stereocenters. The Morgan fingerprint density at radius 3 is 3.00 bits per heavy atom. The van der Waals surface area contributed by atoms with E-state index in [0.717, 1.165) is 18.3 Å². The molecule has 5 heteroatoms. The van der Waals surface area contributed by atoms with Crippen LogP contribution in [-0.2, 0) is 11.3 Å². The first-order valence-corrected chi connectivity index (χ1v) is 7.75. The molecule has 0 aromatic carbocycles. The molecular formula is C15H24N4O. The molecular weight excluding hydrogens is 252 g/mol. The number of fused-ring (bicyclic) bond motifs is 1. The largest absolute Gasteiger partial charge is 0.384 e. The van der Waals surface area contributed by atoms with Crippen molar-refractivity contribution in [1.29, 1.82) is 0 Å². The summed E-state index contributed by atoms with van der Waals surface area (Å²) in [6.45, 7) is 4.17. The number of hydrogen-bond donors (Lipinski definition) is 1. The predicted molar refractivity (Wildman–Crippen MR) is 79.5 cm³/mol. The van der Waals surface area contributed by atoms with Gasteiger partial charge in [0.2, 0.25) is 0 Å². The molecule has 1 saturated heterocycles. The third-order valence-electron chi connectivity index (χ3n) is 4.50. The van der Waals surface area contributed by atoms with Crippen molar-refractivity contribution in [2.24, 2.45) is 5.92 Å². The number of piperidine rings is 1. The Labute approximate surface area is 120 Å². The highest BCUT2D eigenvalue weighted by atomic mass is 16.5. The van der Waals surface area contributed by atoms with Gasteiger partial charge in [-0.05, 0) is 38.5 Å². The van der Waals surface area contributed by atoms with E-state index < -0.39 is 0 Å². The summed E-state index contributed by atoms with van der Waals surface area (Å²) in [5.74, 6) is 3.07. The van der Waals surface area contributed by atoms with Crippen molar-refractivity contribution < 1.29 is 4.74 Å². The first-order valence-electron chi connectivity index (χ1n) is 7.75. The number of hydrogen-bond acceptors (Lipinski definition) is 5. The second-order valence-electron chi connectivity index (χ2n) is 5.80. The molecule has 110 valence electrons. The Hall–Kier alpha value is -1.36. The van der Waals surface area contributed by atoms with Crippen LogP contribution in [0.1, 0.15) is 44.9 Å². The lowest BCUT2D eigenvalue weighted by Gasteiger charge is -2.38. The van der Waals surface area contributed by atoms with Crippen molar-refractivity contribution in [1.82, 2.24) is 9.97 Å². The van der Waals surface area contributed by atoms with Crippen molar-refractivity contribution in [3.8, 4) is 0 Å². The summed E-state index contributed by atoms with van der Waals surface area (Å²) in [7, 11) is 0. The van der Waals surface area contributed by atoms with E-state index in [1.165, 1.54) is 32.1 Å². The van der Waals surface area contributed by atoms with Crippen molar-refractivity contribution >= 4 is 11.6 Å². The topological polar surface area (TPSA) is 64.3 Å². The van der Waals surface area contributed by atoms with Crippen LogP contribution in [0.3, 0.4) is 0 Å². The standard InChI is InChI=1S/C15H24N4O/c1-2-20-10-14-17-13(16)9-15(18-14)19-8-4-6-11-5-3-7-12(11)19/h9,11-12H,2-8,10H2,1H3,(H2,16,17,18). The quantitative estimate of drug-likeness (QED) is 0.914. The van der Waals surface area contributed by atoms with Crippen LogP contribution < -0.4 is 10.6 Å². The van der Waals surface area contributed by atoms with Gasteiger partial charge in [0.25, 0.3) is 0 Å². The lowest BCUT2D eigenvalue weighted by molar-refractivity contribution is 0.128. The van der Waals surface area contributed by atoms with Gasteiger partial charge in [0, 0.05) is 25.3 Å². The van der Waals surface area contributed by atoms with Gasteiger partial charge >= 0.3 is 0 Å². The molecule has 3 rings (SSSR count). The maximum Gasteiger partial charge on any atom is 0.158 e. The molecule has 5 nitrogen and oxygen atoms in total. The van der Waals surface area contributed by atoms with Crippen LogP contribution in [0.25, 0.3) is 0 Å². The lowest BCUT2D eigenvalue weighted by atomic mass is 9.92. The van der Waals surface area contributed by atoms with Crippen LogP contribution in [0.15, 0.2) is 6.07 Å². The lowest BCUT2D eigenvalue weighted by Crippen LogP contribution is -2.43. The number of nitrogens with two attached hydrogens (primary N) is 1. The Morgan fingerprint density at radius 2 is 2.15 bits per heavy atom. The Kier molecular flexibility index (Phi) is 4.05. The highest BCUT2D eigenvalue weighted by molar-refractivity contribution is 5.48. The maximum absolute atomic E-state index is 5.94.